The fourth-order valence-electron chi connectivity index (χ4n) is 4.07. The molecule has 3 aromatic carbocycles. The zero-order chi connectivity index (χ0) is 25.1. The van der Waals surface area contributed by atoms with E-state index in [-0.39, 0.29) is 5.91 Å². The number of aromatic nitrogens is 3. The maximum atomic E-state index is 13.6. The van der Waals surface area contributed by atoms with Crippen molar-refractivity contribution in [3.05, 3.63) is 106 Å². The molecule has 0 radical (unpaired) electrons. The van der Waals surface area contributed by atoms with E-state index in [1.165, 1.54) is 17.3 Å². The number of halogens is 1. The van der Waals surface area contributed by atoms with Crippen LogP contribution in [0.1, 0.15) is 24.1 Å². The van der Waals surface area contributed by atoms with E-state index >= 15 is 0 Å². The number of methoxy groups -OCH3 is 1. The quantitative estimate of drug-likeness (QED) is 0.286. The lowest BCUT2D eigenvalue weighted by Gasteiger charge is -2.29. The van der Waals surface area contributed by atoms with Crippen molar-refractivity contribution in [2.45, 2.75) is 23.9 Å². The second kappa shape index (κ2) is 10.5. The van der Waals surface area contributed by atoms with Gasteiger partial charge in [0.2, 0.25) is 11.1 Å². The number of allylic oxidation sites excluding steroid dienone is 1. The third kappa shape index (κ3) is 4.96. The largest absolute Gasteiger partial charge is 0.497 e. The Morgan fingerprint density at radius 1 is 1.08 bits per heavy atom. The number of carbonyl (C=O) groups excluding carboxylic acids is 1. The van der Waals surface area contributed by atoms with E-state index < -0.39 is 6.04 Å². The van der Waals surface area contributed by atoms with Gasteiger partial charge in [-0.15, -0.1) is 5.10 Å². The number of ether oxygens (including phenoxy) is 1. The second-order valence-electron chi connectivity index (χ2n) is 8.21. The van der Waals surface area contributed by atoms with Crippen molar-refractivity contribution in [1.82, 2.24) is 14.8 Å². The van der Waals surface area contributed by atoms with Crippen LogP contribution in [-0.4, -0.2) is 27.8 Å². The average molecular weight is 518 g/mol. The fraction of sp³-hybridized carbons (Fsp3) is 0.148. The molecule has 1 aliphatic heterocycles. The molecule has 0 aliphatic carbocycles. The molecule has 2 N–H and O–H groups in total. The van der Waals surface area contributed by atoms with E-state index in [9.17, 15) is 4.79 Å². The molecule has 0 unspecified atom stereocenters. The number of benzene rings is 3. The molecule has 7 nitrogen and oxygen atoms in total. The molecule has 0 bridgehead atoms. The number of fused-ring (bicyclic) bond motifs is 1. The van der Waals surface area contributed by atoms with Gasteiger partial charge < -0.3 is 15.4 Å². The highest BCUT2D eigenvalue weighted by atomic mass is 35.5. The van der Waals surface area contributed by atoms with Gasteiger partial charge in [-0.05, 0) is 42.8 Å². The Labute approximate surface area is 218 Å². The van der Waals surface area contributed by atoms with E-state index in [4.69, 9.17) is 26.4 Å². The van der Waals surface area contributed by atoms with Crippen LogP contribution in [0.5, 0.6) is 5.75 Å². The van der Waals surface area contributed by atoms with Gasteiger partial charge >= 0.3 is 0 Å². The van der Waals surface area contributed by atoms with Crippen LogP contribution in [0.4, 0.5) is 11.6 Å². The molecule has 4 aromatic rings. The monoisotopic (exact) mass is 517 g/mol. The summed E-state index contributed by atoms with van der Waals surface area (Å²) in [6.45, 7) is 1.86. The summed E-state index contributed by atoms with van der Waals surface area (Å²) in [6.07, 6.45) is 0. The lowest BCUT2D eigenvalue weighted by molar-refractivity contribution is -0.113. The highest BCUT2D eigenvalue weighted by Crippen LogP contribution is 2.39. The topological polar surface area (TPSA) is 81.1 Å². The first-order valence-electron chi connectivity index (χ1n) is 11.3. The van der Waals surface area contributed by atoms with Gasteiger partial charge in [0.05, 0.1) is 12.7 Å². The molecular formula is C27H24ClN5O2S. The Morgan fingerprint density at radius 3 is 2.53 bits per heavy atom. The highest BCUT2D eigenvalue weighted by Gasteiger charge is 2.35. The Balaban J connectivity index is 1.49. The molecule has 0 saturated heterocycles. The Morgan fingerprint density at radius 2 is 1.81 bits per heavy atom. The van der Waals surface area contributed by atoms with Crippen molar-refractivity contribution in [1.29, 1.82) is 0 Å². The van der Waals surface area contributed by atoms with Gasteiger partial charge in [-0.25, -0.2) is 4.68 Å². The Bertz CT molecular complexity index is 1420. The number of hydrogen-bond acceptors (Lipinski definition) is 6. The summed E-state index contributed by atoms with van der Waals surface area (Å²) in [5.74, 6) is 1.76. The third-order valence-corrected chi connectivity index (χ3v) is 7.09. The lowest BCUT2D eigenvalue weighted by atomic mass is 9.95. The van der Waals surface area contributed by atoms with Crippen molar-refractivity contribution in [3.63, 3.8) is 0 Å². The molecule has 1 aliphatic rings. The van der Waals surface area contributed by atoms with E-state index in [0.29, 0.717) is 38.8 Å². The number of nitrogens with zero attached hydrogens (tertiary/aromatic N) is 3. The van der Waals surface area contributed by atoms with Crippen LogP contribution < -0.4 is 15.4 Å². The molecule has 5 rings (SSSR count). The van der Waals surface area contributed by atoms with Crippen molar-refractivity contribution in [2.24, 2.45) is 0 Å². The van der Waals surface area contributed by atoms with Crippen LogP contribution in [0.25, 0.3) is 0 Å². The Hall–Kier alpha value is -3.75. The molecule has 36 heavy (non-hydrogen) atoms. The SMILES string of the molecule is COc1ccc(NC(=O)C2=C(C)Nc3nc(SCc4ccccc4)nn3[C@H]2c2ccccc2Cl)cc1. The van der Waals surface area contributed by atoms with Crippen molar-refractivity contribution in [2.75, 3.05) is 17.7 Å². The normalized spacial score (nSPS) is 14.7. The lowest BCUT2D eigenvalue weighted by Crippen LogP contribution is -2.31. The first kappa shape index (κ1) is 24.0. The average Bonchev–Trinajstić information content (AvgIpc) is 3.30. The number of anilines is 2. The molecule has 0 fully saturated rings. The zero-order valence-corrected chi connectivity index (χ0v) is 21.3. The first-order chi connectivity index (χ1) is 17.5. The maximum Gasteiger partial charge on any atom is 0.255 e. The van der Waals surface area contributed by atoms with Crippen LogP contribution in [0.15, 0.2) is 95.3 Å². The van der Waals surface area contributed by atoms with Crippen LogP contribution >= 0.6 is 23.4 Å². The van der Waals surface area contributed by atoms with Gasteiger partial charge in [0.1, 0.15) is 11.8 Å². The van der Waals surface area contributed by atoms with Gasteiger partial charge in [-0.1, -0.05) is 71.9 Å². The van der Waals surface area contributed by atoms with Crippen molar-refractivity contribution in [3.8, 4) is 5.75 Å². The van der Waals surface area contributed by atoms with Gasteiger partial charge in [0.15, 0.2) is 0 Å². The first-order valence-corrected chi connectivity index (χ1v) is 12.7. The highest BCUT2D eigenvalue weighted by molar-refractivity contribution is 7.98. The fourth-order valence-corrected chi connectivity index (χ4v) is 5.09. The summed E-state index contributed by atoms with van der Waals surface area (Å²) in [5.41, 5.74) is 3.80. The standard InChI is InChI=1S/C27H24ClN5O2S/c1-17-23(25(34)30-19-12-14-20(35-2)15-13-19)24(21-10-6-7-11-22(21)28)33-26(29-17)31-27(32-33)36-16-18-8-4-3-5-9-18/h3-15,24H,16H2,1-2H3,(H,30,34)(H,29,31,32)/t24-/m0/s1. The minimum absolute atomic E-state index is 0.255. The van der Waals surface area contributed by atoms with E-state index in [1.54, 1.807) is 36.1 Å². The molecule has 0 spiro atoms. The summed E-state index contributed by atoms with van der Waals surface area (Å²) in [5, 5.41) is 12.2. The predicted octanol–water partition coefficient (Wildman–Crippen LogP) is 6.16. The summed E-state index contributed by atoms with van der Waals surface area (Å²) in [6, 6.07) is 24.3. The smallest absolute Gasteiger partial charge is 0.255 e. The summed E-state index contributed by atoms with van der Waals surface area (Å²) in [7, 11) is 1.60. The minimum atomic E-state index is -0.549. The van der Waals surface area contributed by atoms with Gasteiger partial charge in [0, 0.05) is 27.7 Å². The molecule has 1 amide bonds. The molecular weight excluding hydrogens is 494 g/mol. The minimum Gasteiger partial charge on any atom is -0.497 e. The predicted molar refractivity (Wildman–Crippen MR) is 144 cm³/mol. The summed E-state index contributed by atoms with van der Waals surface area (Å²) in [4.78, 5) is 18.3. The number of rotatable bonds is 7. The molecule has 182 valence electrons. The van der Waals surface area contributed by atoms with E-state index in [1.807, 2.05) is 49.4 Å². The maximum absolute atomic E-state index is 13.6. The van der Waals surface area contributed by atoms with Gasteiger partial charge in [-0.3, -0.25) is 4.79 Å². The summed E-state index contributed by atoms with van der Waals surface area (Å²) >= 11 is 8.17. The van der Waals surface area contributed by atoms with Crippen LogP contribution in [0.3, 0.4) is 0 Å². The number of thioether (sulfide) groups is 1. The number of nitrogens with one attached hydrogen (secondary N) is 2. The van der Waals surface area contributed by atoms with E-state index in [2.05, 4.69) is 22.8 Å². The zero-order valence-electron chi connectivity index (χ0n) is 19.7. The molecule has 1 atom stereocenters. The van der Waals surface area contributed by atoms with Crippen LogP contribution in [-0.2, 0) is 10.5 Å². The molecule has 1 aromatic heterocycles. The molecule has 9 heteroatoms. The van der Waals surface area contributed by atoms with Crippen molar-refractivity contribution >= 4 is 40.9 Å². The number of amides is 1. The van der Waals surface area contributed by atoms with E-state index in [0.717, 1.165) is 11.3 Å². The van der Waals surface area contributed by atoms with Crippen LogP contribution in [0.2, 0.25) is 5.02 Å². The van der Waals surface area contributed by atoms with Gasteiger partial charge in [0.25, 0.3) is 5.91 Å². The molecule has 0 saturated carbocycles. The summed E-state index contributed by atoms with van der Waals surface area (Å²) < 4.78 is 6.96. The molecule has 2 heterocycles. The van der Waals surface area contributed by atoms with Crippen molar-refractivity contribution < 1.29 is 9.53 Å². The Kier molecular flexibility index (Phi) is 6.97. The number of hydrogen-bond donors (Lipinski definition) is 2. The van der Waals surface area contributed by atoms with Crippen LogP contribution in [0, 0.1) is 0 Å². The van der Waals surface area contributed by atoms with Gasteiger partial charge in [-0.2, -0.15) is 4.98 Å². The second-order valence-corrected chi connectivity index (χ2v) is 9.56. The number of carbonyl (C=O) groups is 1. The third-order valence-electron chi connectivity index (χ3n) is 5.84.